The molecule has 0 atom stereocenters. The van der Waals surface area contributed by atoms with Crippen LogP contribution in [0.15, 0.2) is 28.4 Å². The van der Waals surface area contributed by atoms with Crippen molar-refractivity contribution in [1.29, 1.82) is 0 Å². The number of likely N-dealkylation sites (tertiary alicyclic amines) is 1. The first-order valence-electron chi connectivity index (χ1n) is 10.2. The van der Waals surface area contributed by atoms with Gasteiger partial charge in [0.25, 0.3) is 5.56 Å². The second kappa shape index (κ2) is 7.45. The van der Waals surface area contributed by atoms with E-state index in [1.807, 2.05) is 4.57 Å². The fraction of sp³-hybridized carbons (Fsp3) is 0.478. The van der Waals surface area contributed by atoms with Gasteiger partial charge in [-0.3, -0.25) is 9.36 Å². The van der Waals surface area contributed by atoms with Crippen molar-refractivity contribution in [3.8, 4) is 11.1 Å². The highest BCUT2D eigenvalue weighted by Gasteiger charge is 2.26. The maximum Gasteiger partial charge on any atom is 0.263 e. The predicted molar refractivity (Wildman–Crippen MR) is 119 cm³/mol. The minimum atomic E-state index is 0.137. The van der Waals surface area contributed by atoms with Crippen molar-refractivity contribution in [3.63, 3.8) is 0 Å². The molecule has 0 aliphatic carbocycles. The normalized spacial score (nSPS) is 16.4. The summed E-state index contributed by atoms with van der Waals surface area (Å²) in [6.45, 7) is 10.6. The number of rotatable bonds is 3. The van der Waals surface area contributed by atoms with E-state index in [9.17, 15) is 4.79 Å². The molecule has 4 nitrogen and oxygen atoms in total. The van der Waals surface area contributed by atoms with Gasteiger partial charge >= 0.3 is 0 Å². The van der Waals surface area contributed by atoms with Gasteiger partial charge in [0.05, 0.1) is 5.39 Å². The Kier molecular flexibility index (Phi) is 5.15. The van der Waals surface area contributed by atoms with Crippen molar-refractivity contribution < 1.29 is 0 Å². The Labute approximate surface area is 170 Å². The minimum Gasteiger partial charge on any atom is -0.306 e. The summed E-state index contributed by atoms with van der Waals surface area (Å²) < 4.78 is 2.03. The number of aryl methyl sites for hydroxylation is 2. The molecule has 5 heteroatoms. The molecule has 0 N–H and O–H groups in total. The van der Waals surface area contributed by atoms with Gasteiger partial charge in [-0.1, -0.05) is 32.0 Å². The molecule has 1 saturated heterocycles. The van der Waals surface area contributed by atoms with Gasteiger partial charge < -0.3 is 4.90 Å². The van der Waals surface area contributed by atoms with Crippen LogP contribution in [0.2, 0.25) is 0 Å². The third-order valence-electron chi connectivity index (χ3n) is 6.05. The van der Waals surface area contributed by atoms with E-state index < -0.39 is 0 Å². The molecule has 1 aliphatic rings. The molecule has 0 amide bonds. The Morgan fingerprint density at radius 2 is 1.86 bits per heavy atom. The third-order valence-corrected chi connectivity index (χ3v) is 6.93. The predicted octanol–water partition coefficient (Wildman–Crippen LogP) is 5.13. The Balaban J connectivity index is 1.93. The molecular formula is C23H29N3OS. The van der Waals surface area contributed by atoms with Gasteiger partial charge in [0.1, 0.15) is 10.7 Å². The van der Waals surface area contributed by atoms with Crippen LogP contribution in [0, 0.1) is 13.8 Å². The monoisotopic (exact) mass is 395 g/mol. The Hall–Kier alpha value is -1.98. The van der Waals surface area contributed by atoms with Crippen LogP contribution >= 0.6 is 11.3 Å². The van der Waals surface area contributed by atoms with E-state index in [2.05, 4.69) is 63.2 Å². The van der Waals surface area contributed by atoms with Crippen molar-refractivity contribution in [2.24, 2.45) is 0 Å². The molecule has 2 aromatic heterocycles. The fourth-order valence-electron chi connectivity index (χ4n) is 4.15. The zero-order valence-corrected chi connectivity index (χ0v) is 18.3. The van der Waals surface area contributed by atoms with Crippen LogP contribution in [0.25, 0.3) is 21.3 Å². The molecule has 148 valence electrons. The molecule has 3 aromatic rings. The molecule has 1 fully saturated rings. The SMILES string of the molecule is Cc1ccc(-c2csc3nc(C(C)C)n(C4CCN(C)CC4)c(=O)c23)cc1C. The largest absolute Gasteiger partial charge is 0.306 e. The summed E-state index contributed by atoms with van der Waals surface area (Å²) in [6, 6.07) is 6.69. The first-order chi connectivity index (χ1) is 13.4. The quantitative estimate of drug-likeness (QED) is 0.617. The van der Waals surface area contributed by atoms with Gasteiger partial charge in [0, 0.05) is 22.9 Å². The average molecular weight is 396 g/mol. The summed E-state index contributed by atoms with van der Waals surface area (Å²) >= 11 is 1.59. The van der Waals surface area contributed by atoms with E-state index in [0.717, 1.165) is 53.1 Å². The van der Waals surface area contributed by atoms with Gasteiger partial charge in [-0.2, -0.15) is 0 Å². The maximum atomic E-state index is 13.8. The van der Waals surface area contributed by atoms with Crippen molar-refractivity contribution in [3.05, 3.63) is 50.9 Å². The number of piperidine rings is 1. The molecule has 0 unspecified atom stereocenters. The molecule has 4 rings (SSSR count). The molecule has 0 radical (unpaired) electrons. The van der Waals surface area contributed by atoms with Crippen molar-refractivity contribution >= 4 is 21.6 Å². The van der Waals surface area contributed by atoms with Gasteiger partial charge in [-0.05, 0) is 63.5 Å². The molecule has 0 saturated carbocycles. The number of thiophene rings is 1. The second-order valence-electron chi connectivity index (χ2n) is 8.46. The summed E-state index contributed by atoms with van der Waals surface area (Å²) in [5.41, 5.74) is 4.79. The van der Waals surface area contributed by atoms with Crippen LogP contribution in [0.5, 0.6) is 0 Å². The number of hydrogen-bond acceptors (Lipinski definition) is 4. The van der Waals surface area contributed by atoms with Crippen molar-refractivity contribution in [1.82, 2.24) is 14.5 Å². The molecule has 28 heavy (non-hydrogen) atoms. The molecule has 0 spiro atoms. The highest BCUT2D eigenvalue weighted by molar-refractivity contribution is 7.17. The first kappa shape index (κ1) is 19.3. The zero-order valence-electron chi connectivity index (χ0n) is 17.5. The lowest BCUT2D eigenvalue weighted by Gasteiger charge is -2.32. The average Bonchev–Trinajstić information content (AvgIpc) is 3.09. The summed E-state index contributed by atoms with van der Waals surface area (Å²) in [4.78, 5) is 21.9. The van der Waals surface area contributed by atoms with Gasteiger partial charge in [-0.15, -0.1) is 11.3 Å². The Bertz CT molecular complexity index is 1070. The zero-order chi connectivity index (χ0) is 20.0. The lowest BCUT2D eigenvalue weighted by Crippen LogP contribution is -2.37. The van der Waals surface area contributed by atoms with E-state index in [1.165, 1.54) is 11.1 Å². The molecule has 0 bridgehead atoms. The standard InChI is InChI=1S/C23H29N3OS/c1-14(2)21-24-22-20(23(27)26(21)18-8-10-25(5)11-9-18)19(13-28-22)17-7-6-15(3)16(4)12-17/h6-7,12-14,18H,8-11H2,1-5H3. The van der Waals surface area contributed by atoms with Gasteiger partial charge in [-0.25, -0.2) is 4.98 Å². The fourth-order valence-corrected chi connectivity index (χ4v) is 5.10. The number of hydrogen-bond donors (Lipinski definition) is 0. The highest BCUT2D eigenvalue weighted by atomic mass is 32.1. The van der Waals surface area contributed by atoms with Crippen LogP contribution in [-0.4, -0.2) is 34.6 Å². The van der Waals surface area contributed by atoms with E-state index in [-0.39, 0.29) is 17.5 Å². The van der Waals surface area contributed by atoms with E-state index in [4.69, 9.17) is 4.98 Å². The lowest BCUT2D eigenvalue weighted by molar-refractivity contribution is 0.215. The van der Waals surface area contributed by atoms with Crippen molar-refractivity contribution in [2.45, 2.75) is 52.5 Å². The summed E-state index contributed by atoms with van der Waals surface area (Å²) in [7, 11) is 2.15. The molecular weight excluding hydrogens is 366 g/mol. The highest BCUT2D eigenvalue weighted by Crippen LogP contribution is 2.34. The minimum absolute atomic E-state index is 0.137. The van der Waals surface area contributed by atoms with E-state index in [1.54, 1.807) is 11.3 Å². The smallest absolute Gasteiger partial charge is 0.263 e. The topological polar surface area (TPSA) is 38.1 Å². The molecule has 3 heterocycles. The van der Waals surface area contributed by atoms with Gasteiger partial charge in [0.15, 0.2) is 0 Å². The summed E-state index contributed by atoms with van der Waals surface area (Å²) in [6.07, 6.45) is 2.01. The van der Waals surface area contributed by atoms with Crippen LogP contribution < -0.4 is 5.56 Å². The third kappa shape index (κ3) is 3.31. The van der Waals surface area contributed by atoms with Crippen LogP contribution in [0.1, 0.15) is 55.6 Å². The van der Waals surface area contributed by atoms with E-state index >= 15 is 0 Å². The van der Waals surface area contributed by atoms with Gasteiger partial charge in [0.2, 0.25) is 0 Å². The number of nitrogens with zero attached hydrogens (tertiary/aromatic N) is 3. The molecule has 1 aliphatic heterocycles. The second-order valence-corrected chi connectivity index (χ2v) is 9.32. The first-order valence-corrected chi connectivity index (χ1v) is 11.0. The maximum absolute atomic E-state index is 13.8. The van der Waals surface area contributed by atoms with Crippen LogP contribution in [0.4, 0.5) is 0 Å². The number of benzene rings is 1. The summed E-state index contributed by atoms with van der Waals surface area (Å²) in [5.74, 6) is 1.16. The number of aromatic nitrogens is 2. The van der Waals surface area contributed by atoms with Crippen molar-refractivity contribution in [2.75, 3.05) is 20.1 Å². The lowest BCUT2D eigenvalue weighted by atomic mass is 10.00. The van der Waals surface area contributed by atoms with Crippen LogP contribution in [0.3, 0.4) is 0 Å². The Morgan fingerprint density at radius 3 is 2.50 bits per heavy atom. The van der Waals surface area contributed by atoms with E-state index in [0.29, 0.717) is 0 Å². The van der Waals surface area contributed by atoms with Crippen LogP contribution in [-0.2, 0) is 0 Å². The number of fused-ring (bicyclic) bond motifs is 1. The Morgan fingerprint density at radius 1 is 1.14 bits per heavy atom. The molecule has 1 aromatic carbocycles. The summed E-state index contributed by atoms with van der Waals surface area (Å²) in [5, 5.41) is 2.89.